The van der Waals surface area contributed by atoms with Crippen LogP contribution in [0, 0.1) is 12.8 Å². The number of rotatable bonds is 3. The first-order valence-corrected chi connectivity index (χ1v) is 7.19. The molecule has 5 nitrogen and oxygen atoms in total. The Labute approximate surface area is 120 Å². The minimum absolute atomic E-state index is 0.0691. The van der Waals surface area contributed by atoms with Crippen LogP contribution in [0.15, 0.2) is 18.3 Å². The second-order valence-corrected chi connectivity index (χ2v) is 5.51. The topological polar surface area (TPSA) is 65.5 Å². The number of amides is 2. The molecule has 2 amide bonds. The number of aryl methyl sites for hydroxylation is 1. The highest BCUT2D eigenvalue weighted by molar-refractivity contribution is 5.74. The molecule has 0 aliphatic carbocycles. The summed E-state index contributed by atoms with van der Waals surface area (Å²) in [5.74, 6) is 0.186. The van der Waals surface area contributed by atoms with Gasteiger partial charge in [-0.25, -0.2) is 4.79 Å². The average molecular weight is 277 g/mol. The van der Waals surface area contributed by atoms with Crippen LogP contribution >= 0.6 is 0 Å². The van der Waals surface area contributed by atoms with Crippen molar-refractivity contribution in [1.82, 2.24) is 15.2 Å². The molecular weight excluding hydrogens is 254 g/mol. The van der Waals surface area contributed by atoms with E-state index in [1.807, 2.05) is 19.1 Å². The highest BCUT2D eigenvalue weighted by atomic mass is 16.3. The summed E-state index contributed by atoms with van der Waals surface area (Å²) in [6.45, 7) is 5.62. The Morgan fingerprint density at radius 1 is 1.65 bits per heavy atom. The van der Waals surface area contributed by atoms with E-state index in [-0.39, 0.29) is 18.1 Å². The Hall–Kier alpha value is -1.62. The lowest BCUT2D eigenvalue weighted by Crippen LogP contribution is -2.47. The van der Waals surface area contributed by atoms with Crippen molar-refractivity contribution in [3.8, 4) is 0 Å². The van der Waals surface area contributed by atoms with Crippen molar-refractivity contribution in [3.63, 3.8) is 0 Å². The number of carbonyl (C=O) groups excluding carboxylic acids is 1. The van der Waals surface area contributed by atoms with Crippen molar-refractivity contribution >= 4 is 6.03 Å². The second-order valence-electron chi connectivity index (χ2n) is 5.51. The Bertz CT molecular complexity index is 462. The summed E-state index contributed by atoms with van der Waals surface area (Å²) in [7, 11) is 0. The van der Waals surface area contributed by atoms with Crippen molar-refractivity contribution in [3.05, 3.63) is 29.6 Å². The summed E-state index contributed by atoms with van der Waals surface area (Å²) >= 11 is 0. The van der Waals surface area contributed by atoms with E-state index in [2.05, 4.69) is 10.3 Å². The van der Waals surface area contributed by atoms with Crippen LogP contribution in [0.2, 0.25) is 0 Å². The zero-order valence-electron chi connectivity index (χ0n) is 12.2. The van der Waals surface area contributed by atoms with Gasteiger partial charge in [-0.2, -0.15) is 0 Å². The van der Waals surface area contributed by atoms with E-state index >= 15 is 0 Å². The molecule has 1 fully saturated rings. The monoisotopic (exact) mass is 277 g/mol. The molecule has 5 heteroatoms. The smallest absolute Gasteiger partial charge is 0.317 e. The molecule has 2 unspecified atom stereocenters. The van der Waals surface area contributed by atoms with E-state index in [0.29, 0.717) is 13.1 Å². The summed E-state index contributed by atoms with van der Waals surface area (Å²) in [6, 6.07) is 3.80. The summed E-state index contributed by atoms with van der Waals surface area (Å²) in [5.41, 5.74) is 1.97. The molecule has 2 atom stereocenters. The van der Waals surface area contributed by atoms with Gasteiger partial charge < -0.3 is 15.3 Å². The first-order chi connectivity index (χ1) is 9.58. The van der Waals surface area contributed by atoms with Crippen LogP contribution in [0.3, 0.4) is 0 Å². The SMILES string of the molecule is Cc1cccnc1CNC(=O)N1CCCC(C(C)O)C1. The van der Waals surface area contributed by atoms with Crippen molar-refractivity contribution in [1.29, 1.82) is 0 Å². The van der Waals surface area contributed by atoms with Gasteiger partial charge in [0.2, 0.25) is 0 Å². The van der Waals surface area contributed by atoms with Crippen LogP contribution in [0.4, 0.5) is 4.79 Å². The minimum Gasteiger partial charge on any atom is -0.393 e. The quantitative estimate of drug-likeness (QED) is 0.883. The van der Waals surface area contributed by atoms with Crippen LogP contribution in [0.1, 0.15) is 31.0 Å². The fourth-order valence-electron chi connectivity index (χ4n) is 2.56. The van der Waals surface area contributed by atoms with E-state index in [9.17, 15) is 9.90 Å². The van der Waals surface area contributed by atoms with Gasteiger partial charge in [-0.15, -0.1) is 0 Å². The first-order valence-electron chi connectivity index (χ1n) is 7.19. The predicted molar refractivity (Wildman–Crippen MR) is 77.2 cm³/mol. The zero-order chi connectivity index (χ0) is 14.5. The third kappa shape index (κ3) is 3.70. The van der Waals surface area contributed by atoms with Gasteiger partial charge in [0, 0.05) is 25.2 Å². The molecule has 20 heavy (non-hydrogen) atoms. The number of aliphatic hydroxyl groups excluding tert-OH is 1. The van der Waals surface area contributed by atoms with E-state index in [4.69, 9.17) is 0 Å². The van der Waals surface area contributed by atoms with Gasteiger partial charge in [0.1, 0.15) is 0 Å². The second kappa shape index (κ2) is 6.70. The lowest BCUT2D eigenvalue weighted by atomic mass is 9.94. The van der Waals surface area contributed by atoms with Crippen molar-refractivity contribution in [2.24, 2.45) is 5.92 Å². The maximum Gasteiger partial charge on any atom is 0.317 e. The Kier molecular flexibility index (Phi) is 4.95. The fourth-order valence-corrected chi connectivity index (χ4v) is 2.56. The maximum absolute atomic E-state index is 12.2. The number of likely N-dealkylation sites (tertiary alicyclic amines) is 1. The molecule has 0 saturated carbocycles. The highest BCUT2D eigenvalue weighted by Gasteiger charge is 2.26. The molecule has 2 heterocycles. The summed E-state index contributed by atoms with van der Waals surface area (Å²) in [4.78, 5) is 18.2. The van der Waals surface area contributed by atoms with Gasteiger partial charge in [-0.3, -0.25) is 4.98 Å². The number of urea groups is 1. The van der Waals surface area contributed by atoms with Gasteiger partial charge >= 0.3 is 6.03 Å². The molecule has 2 N–H and O–H groups in total. The molecule has 0 radical (unpaired) electrons. The van der Waals surface area contributed by atoms with E-state index in [1.165, 1.54) is 0 Å². The van der Waals surface area contributed by atoms with Crippen LogP contribution in [0.25, 0.3) is 0 Å². The van der Waals surface area contributed by atoms with Gasteiger partial charge in [0.15, 0.2) is 0 Å². The molecule has 1 saturated heterocycles. The molecule has 1 aliphatic heterocycles. The number of hydrogen-bond donors (Lipinski definition) is 2. The van der Waals surface area contributed by atoms with Crippen molar-refractivity contribution < 1.29 is 9.90 Å². The Balaban J connectivity index is 1.87. The number of pyridine rings is 1. The predicted octanol–water partition coefficient (Wildman–Crippen LogP) is 1.69. The summed E-state index contributed by atoms with van der Waals surface area (Å²) in [6.07, 6.45) is 3.31. The molecule has 110 valence electrons. The number of nitrogens with one attached hydrogen (secondary N) is 1. The standard InChI is InChI=1S/C15H23N3O2/c1-11-5-3-7-16-14(11)9-17-15(20)18-8-4-6-13(10-18)12(2)19/h3,5,7,12-13,19H,4,6,8-10H2,1-2H3,(H,17,20). The number of aliphatic hydroxyl groups is 1. The van der Waals surface area contributed by atoms with Crippen molar-refractivity contribution in [2.75, 3.05) is 13.1 Å². The molecule has 1 aliphatic rings. The Morgan fingerprint density at radius 2 is 2.45 bits per heavy atom. The minimum atomic E-state index is -0.358. The van der Waals surface area contributed by atoms with Crippen molar-refractivity contribution in [2.45, 2.75) is 39.3 Å². The number of nitrogens with zero attached hydrogens (tertiary/aromatic N) is 2. The molecule has 1 aromatic rings. The average Bonchev–Trinajstić information content (AvgIpc) is 2.46. The first kappa shape index (κ1) is 14.8. The van der Waals surface area contributed by atoms with E-state index in [1.54, 1.807) is 18.0 Å². The van der Waals surface area contributed by atoms with Gasteiger partial charge in [-0.05, 0) is 38.3 Å². The van der Waals surface area contributed by atoms with Crippen LogP contribution in [-0.4, -0.2) is 40.2 Å². The molecule has 2 rings (SSSR count). The number of hydrogen-bond acceptors (Lipinski definition) is 3. The molecule has 0 spiro atoms. The fraction of sp³-hybridized carbons (Fsp3) is 0.600. The molecule has 1 aromatic heterocycles. The third-order valence-electron chi connectivity index (χ3n) is 3.95. The van der Waals surface area contributed by atoms with Gasteiger partial charge in [-0.1, -0.05) is 6.07 Å². The zero-order valence-corrected chi connectivity index (χ0v) is 12.2. The Morgan fingerprint density at radius 3 is 3.15 bits per heavy atom. The lowest BCUT2D eigenvalue weighted by molar-refractivity contribution is 0.0738. The number of carbonyl (C=O) groups is 1. The van der Waals surface area contributed by atoms with Gasteiger partial charge in [0.05, 0.1) is 18.3 Å². The van der Waals surface area contributed by atoms with E-state index < -0.39 is 0 Å². The molecule has 0 aromatic carbocycles. The largest absolute Gasteiger partial charge is 0.393 e. The van der Waals surface area contributed by atoms with Crippen LogP contribution in [0.5, 0.6) is 0 Å². The normalized spacial score (nSPS) is 20.6. The van der Waals surface area contributed by atoms with Crippen LogP contribution < -0.4 is 5.32 Å². The van der Waals surface area contributed by atoms with Gasteiger partial charge in [0.25, 0.3) is 0 Å². The molecule has 0 bridgehead atoms. The summed E-state index contributed by atoms with van der Waals surface area (Å²) in [5, 5.41) is 12.6. The maximum atomic E-state index is 12.2. The van der Waals surface area contributed by atoms with E-state index in [0.717, 1.165) is 30.6 Å². The van der Waals surface area contributed by atoms with Crippen LogP contribution in [-0.2, 0) is 6.54 Å². The number of piperidine rings is 1. The highest BCUT2D eigenvalue weighted by Crippen LogP contribution is 2.19. The third-order valence-corrected chi connectivity index (χ3v) is 3.95. The lowest BCUT2D eigenvalue weighted by Gasteiger charge is -2.34. The molecular formula is C15H23N3O2. The number of aromatic nitrogens is 1. The summed E-state index contributed by atoms with van der Waals surface area (Å²) < 4.78 is 0.